The summed E-state index contributed by atoms with van der Waals surface area (Å²) in [6, 6.07) is 13.6. The molecule has 0 unspecified atom stereocenters. The number of aryl methyl sites for hydroxylation is 2. The molecule has 3 aromatic rings. The Morgan fingerprint density at radius 2 is 1.77 bits per heavy atom. The van der Waals surface area contributed by atoms with Crippen LogP contribution in [0.15, 0.2) is 47.3 Å². The molecule has 31 heavy (non-hydrogen) atoms. The van der Waals surface area contributed by atoms with Gasteiger partial charge in [-0.2, -0.15) is 0 Å². The third kappa shape index (κ3) is 4.32. The molecule has 7 nitrogen and oxygen atoms in total. The van der Waals surface area contributed by atoms with E-state index in [1.165, 1.54) is 5.56 Å². The molecule has 0 aliphatic carbocycles. The zero-order valence-electron chi connectivity index (χ0n) is 18.3. The van der Waals surface area contributed by atoms with Gasteiger partial charge in [-0.3, -0.25) is 14.5 Å². The fourth-order valence-corrected chi connectivity index (χ4v) is 4.10. The first-order chi connectivity index (χ1) is 15.0. The summed E-state index contributed by atoms with van der Waals surface area (Å²) in [5.74, 6) is 0.870. The van der Waals surface area contributed by atoms with Gasteiger partial charge in [0.1, 0.15) is 11.4 Å². The summed E-state index contributed by atoms with van der Waals surface area (Å²) in [6.07, 6.45) is 0. The molecular weight excluding hydrogens is 392 g/mol. The fraction of sp³-hybridized carbons (Fsp3) is 0.375. The van der Waals surface area contributed by atoms with Crippen molar-refractivity contribution >= 4 is 16.9 Å². The van der Waals surface area contributed by atoms with Gasteiger partial charge in [-0.25, -0.2) is 4.98 Å². The average molecular weight is 421 g/mol. The molecule has 0 radical (unpaired) electrons. The molecule has 0 spiro atoms. The maximum atomic E-state index is 13.1. The van der Waals surface area contributed by atoms with E-state index in [9.17, 15) is 9.59 Å². The van der Waals surface area contributed by atoms with Crippen molar-refractivity contribution in [1.29, 1.82) is 0 Å². The Morgan fingerprint density at radius 3 is 2.42 bits per heavy atom. The van der Waals surface area contributed by atoms with Crippen LogP contribution in [0.5, 0.6) is 5.75 Å². The zero-order chi connectivity index (χ0) is 22.0. The van der Waals surface area contributed by atoms with Crippen molar-refractivity contribution < 1.29 is 9.53 Å². The number of fused-ring (bicyclic) bond motifs is 1. The van der Waals surface area contributed by atoms with E-state index in [-0.39, 0.29) is 11.5 Å². The summed E-state index contributed by atoms with van der Waals surface area (Å²) in [7, 11) is 1.67. The number of rotatable bonds is 5. The number of hydrogen-bond acceptors (Lipinski definition) is 5. The van der Waals surface area contributed by atoms with Crippen LogP contribution in [0.4, 0.5) is 0 Å². The molecule has 7 heteroatoms. The summed E-state index contributed by atoms with van der Waals surface area (Å²) >= 11 is 0. The van der Waals surface area contributed by atoms with Crippen LogP contribution in [0.2, 0.25) is 0 Å². The van der Waals surface area contributed by atoms with Gasteiger partial charge in [0.05, 0.1) is 18.1 Å². The Hall–Kier alpha value is -3.19. The summed E-state index contributed by atoms with van der Waals surface area (Å²) < 4.78 is 6.91. The minimum atomic E-state index is -0.0814. The van der Waals surface area contributed by atoms with Crippen LogP contribution in [0, 0.1) is 6.92 Å². The predicted octanol–water partition coefficient (Wildman–Crippen LogP) is 2.69. The number of nitrogens with zero attached hydrogens (tertiary/aromatic N) is 4. The normalized spacial score (nSPS) is 14.7. The molecule has 1 amide bonds. The molecule has 1 saturated heterocycles. The van der Waals surface area contributed by atoms with Crippen molar-refractivity contribution in [2.75, 3.05) is 33.3 Å². The van der Waals surface area contributed by atoms with Crippen molar-refractivity contribution in [3.05, 3.63) is 69.6 Å². The second-order valence-corrected chi connectivity index (χ2v) is 7.87. The molecule has 1 aliphatic rings. The van der Waals surface area contributed by atoms with E-state index in [1.54, 1.807) is 30.7 Å². The predicted molar refractivity (Wildman–Crippen MR) is 121 cm³/mol. The topological polar surface area (TPSA) is 67.7 Å². The van der Waals surface area contributed by atoms with E-state index in [0.29, 0.717) is 36.4 Å². The number of ether oxygens (including phenoxy) is 1. The van der Waals surface area contributed by atoms with Crippen LogP contribution in [0.25, 0.3) is 11.0 Å². The van der Waals surface area contributed by atoms with Crippen molar-refractivity contribution in [3.8, 4) is 5.75 Å². The number of carbonyl (C=O) groups excluding carboxylic acids is 1. The molecule has 0 atom stereocenters. The first-order valence-electron chi connectivity index (χ1n) is 10.7. The second-order valence-electron chi connectivity index (χ2n) is 7.87. The van der Waals surface area contributed by atoms with Crippen LogP contribution in [0.1, 0.15) is 28.5 Å². The Bertz CT molecular complexity index is 1150. The van der Waals surface area contributed by atoms with Crippen LogP contribution in [0.3, 0.4) is 0 Å². The second kappa shape index (κ2) is 8.89. The van der Waals surface area contributed by atoms with Gasteiger partial charge in [0.25, 0.3) is 11.5 Å². The van der Waals surface area contributed by atoms with Gasteiger partial charge in [0.15, 0.2) is 0 Å². The molecule has 2 heterocycles. The van der Waals surface area contributed by atoms with E-state index in [1.807, 2.05) is 30.0 Å². The molecule has 0 N–H and O–H groups in total. The lowest BCUT2D eigenvalue weighted by atomic mass is 10.1. The van der Waals surface area contributed by atoms with E-state index >= 15 is 0 Å². The number of piperazine rings is 1. The van der Waals surface area contributed by atoms with Gasteiger partial charge in [-0.1, -0.05) is 12.1 Å². The van der Waals surface area contributed by atoms with Gasteiger partial charge < -0.3 is 14.2 Å². The number of hydrogen-bond donors (Lipinski definition) is 0. The molecule has 162 valence electrons. The summed E-state index contributed by atoms with van der Waals surface area (Å²) in [6.45, 7) is 8.12. The fourth-order valence-electron chi connectivity index (χ4n) is 4.10. The average Bonchev–Trinajstić information content (AvgIpc) is 2.80. The largest absolute Gasteiger partial charge is 0.497 e. The van der Waals surface area contributed by atoms with Crippen LogP contribution in [-0.4, -0.2) is 58.5 Å². The van der Waals surface area contributed by atoms with Crippen molar-refractivity contribution in [3.63, 3.8) is 0 Å². The molecule has 2 aromatic carbocycles. The third-order valence-electron chi connectivity index (χ3n) is 5.90. The van der Waals surface area contributed by atoms with Gasteiger partial charge >= 0.3 is 0 Å². The van der Waals surface area contributed by atoms with Crippen molar-refractivity contribution in [2.45, 2.75) is 26.9 Å². The van der Waals surface area contributed by atoms with Crippen LogP contribution in [-0.2, 0) is 13.1 Å². The highest BCUT2D eigenvalue weighted by molar-refractivity contribution is 5.97. The third-order valence-corrected chi connectivity index (χ3v) is 5.90. The molecule has 4 rings (SSSR count). The summed E-state index contributed by atoms with van der Waals surface area (Å²) in [5.41, 5.74) is 3.66. The molecular formula is C24H28N4O3. The van der Waals surface area contributed by atoms with Crippen molar-refractivity contribution in [2.24, 2.45) is 0 Å². The van der Waals surface area contributed by atoms with E-state index in [4.69, 9.17) is 4.74 Å². The SMILES string of the molecule is CCn1c(=O)c(C)nc2cc(C(=O)N3CCN(Cc4ccc(OC)cc4)CC3)ccc21. The monoisotopic (exact) mass is 420 g/mol. The maximum absolute atomic E-state index is 13.1. The van der Waals surface area contributed by atoms with Crippen molar-refractivity contribution in [1.82, 2.24) is 19.4 Å². The molecule has 1 aliphatic heterocycles. The van der Waals surface area contributed by atoms with E-state index in [2.05, 4.69) is 22.0 Å². The number of amides is 1. The molecule has 0 saturated carbocycles. The smallest absolute Gasteiger partial charge is 0.272 e. The lowest BCUT2D eigenvalue weighted by Crippen LogP contribution is -2.48. The highest BCUT2D eigenvalue weighted by Gasteiger charge is 2.23. The van der Waals surface area contributed by atoms with Crippen LogP contribution >= 0.6 is 0 Å². The molecule has 1 aromatic heterocycles. The summed E-state index contributed by atoms with van der Waals surface area (Å²) in [5, 5.41) is 0. The highest BCUT2D eigenvalue weighted by atomic mass is 16.5. The Labute approximate surface area is 181 Å². The number of methoxy groups -OCH3 is 1. The highest BCUT2D eigenvalue weighted by Crippen LogP contribution is 2.18. The minimum absolute atomic E-state index is 0.0136. The van der Waals surface area contributed by atoms with E-state index in [0.717, 1.165) is 30.9 Å². The quantitative estimate of drug-likeness (QED) is 0.635. The van der Waals surface area contributed by atoms with Crippen LogP contribution < -0.4 is 10.3 Å². The van der Waals surface area contributed by atoms with E-state index < -0.39 is 0 Å². The lowest BCUT2D eigenvalue weighted by molar-refractivity contribution is 0.0628. The molecule has 0 bridgehead atoms. The number of benzene rings is 2. The zero-order valence-corrected chi connectivity index (χ0v) is 18.3. The van der Waals surface area contributed by atoms with Gasteiger partial charge in [0, 0.05) is 44.8 Å². The van der Waals surface area contributed by atoms with Gasteiger partial charge in [-0.15, -0.1) is 0 Å². The maximum Gasteiger partial charge on any atom is 0.272 e. The minimum Gasteiger partial charge on any atom is -0.497 e. The number of carbonyl (C=O) groups is 1. The summed E-state index contributed by atoms with van der Waals surface area (Å²) in [4.78, 5) is 34.0. The molecule has 1 fully saturated rings. The Morgan fingerprint density at radius 1 is 1.06 bits per heavy atom. The van der Waals surface area contributed by atoms with Gasteiger partial charge in [0.2, 0.25) is 0 Å². The van der Waals surface area contributed by atoms with Gasteiger partial charge in [-0.05, 0) is 49.7 Å². The standard InChI is InChI=1S/C24H28N4O3/c1-4-28-22-10-7-19(15-21(22)25-17(2)23(28)29)24(30)27-13-11-26(12-14-27)16-18-5-8-20(31-3)9-6-18/h5-10,15H,4,11-14,16H2,1-3H3. The Balaban J connectivity index is 1.44. The Kier molecular flexibility index (Phi) is 6.04. The number of aromatic nitrogens is 2. The lowest BCUT2D eigenvalue weighted by Gasteiger charge is -2.34. The first kappa shape index (κ1) is 21.1. The first-order valence-corrected chi connectivity index (χ1v) is 10.7.